The quantitative estimate of drug-likeness (QED) is 0.445. The molecule has 4 nitrogen and oxygen atoms in total. The Morgan fingerprint density at radius 3 is 1.22 bits per heavy atom. The van der Waals surface area contributed by atoms with E-state index in [1.807, 2.05) is 0 Å². The second-order valence-electron chi connectivity index (χ2n) is 5.86. The van der Waals surface area contributed by atoms with Crippen LogP contribution in [0, 0.1) is 11.8 Å². The summed E-state index contributed by atoms with van der Waals surface area (Å²) in [6, 6.07) is 0. The fraction of sp³-hybridized carbons (Fsp3) is 1.00. The van der Waals surface area contributed by atoms with Gasteiger partial charge in [0, 0.05) is 11.8 Å². The van der Waals surface area contributed by atoms with Crippen LogP contribution >= 0.6 is 16.1 Å². The van der Waals surface area contributed by atoms with Crippen molar-refractivity contribution in [3.05, 3.63) is 0 Å². The Balaban J connectivity index is -0.000000333. The Labute approximate surface area is 155 Å². The van der Waals surface area contributed by atoms with E-state index >= 15 is 0 Å². The Bertz CT molecular complexity index is 263. The summed E-state index contributed by atoms with van der Waals surface area (Å²) in [5.41, 5.74) is 0. The summed E-state index contributed by atoms with van der Waals surface area (Å²) < 4.78 is 20.7. The largest absolute Gasteiger partial charge is 2.00 e. The molecule has 136 valence electrons. The van der Waals surface area contributed by atoms with Gasteiger partial charge in [0.25, 0.3) is 0 Å². The first-order valence-corrected chi connectivity index (χ1v) is 11.4. The molecule has 0 bridgehead atoms. The van der Waals surface area contributed by atoms with Crippen molar-refractivity contribution in [2.24, 2.45) is 11.8 Å². The summed E-state index contributed by atoms with van der Waals surface area (Å²) >= 11 is 0. The summed E-state index contributed by atoms with van der Waals surface area (Å²) in [4.78, 5) is 20.7. The van der Waals surface area contributed by atoms with Crippen LogP contribution in [0.3, 0.4) is 0 Å². The maximum absolute atomic E-state index is 10.4. The van der Waals surface area contributed by atoms with E-state index in [1.54, 1.807) is 0 Å². The van der Waals surface area contributed by atoms with E-state index in [0.29, 0.717) is 24.2 Å². The van der Waals surface area contributed by atoms with Gasteiger partial charge in [-0.15, -0.1) is 0 Å². The van der Waals surface area contributed by atoms with Gasteiger partial charge in [0.2, 0.25) is 0 Å². The third-order valence-corrected chi connectivity index (χ3v) is 5.53. The van der Waals surface area contributed by atoms with Gasteiger partial charge in [0.15, 0.2) is 0 Å². The normalized spacial score (nSPS) is 14.0. The average molecular weight is 404 g/mol. The first-order chi connectivity index (χ1) is 10.4. The molecule has 0 aliphatic carbocycles. The molecular weight excluding hydrogens is 370 g/mol. The zero-order valence-corrected chi connectivity index (χ0v) is 18.2. The van der Waals surface area contributed by atoms with Gasteiger partial charge >= 0.3 is 33.4 Å². The molecule has 0 heterocycles. The summed E-state index contributed by atoms with van der Waals surface area (Å²) in [6.07, 6.45) is 9.50. The maximum atomic E-state index is 10.4. The Morgan fingerprint density at radius 2 is 1.04 bits per heavy atom. The van der Waals surface area contributed by atoms with Crippen LogP contribution in [0.5, 0.6) is 0 Å². The van der Waals surface area contributed by atoms with Crippen LogP contribution in [0.1, 0.15) is 79.1 Å². The van der Waals surface area contributed by atoms with E-state index in [4.69, 9.17) is 0 Å². The minimum Gasteiger partial charge on any atom is -0.596 e. The predicted molar refractivity (Wildman–Crippen MR) is 91.6 cm³/mol. The molecule has 0 aliphatic rings. The molecule has 7 heteroatoms. The summed E-state index contributed by atoms with van der Waals surface area (Å²) in [5.74, 6) is 0.798. The van der Waals surface area contributed by atoms with Gasteiger partial charge in [-0.2, -0.15) is 0 Å². The third kappa shape index (κ3) is 22.7. The molecule has 0 radical (unpaired) electrons. The minimum absolute atomic E-state index is 0. The Kier molecular flexibility index (Phi) is 25.6. The second kappa shape index (κ2) is 20.7. The molecule has 0 amide bonds. The SMILES string of the molecule is CCCCC(CC)C[P+](=O)[O-].CCCCC(CC)C[P+](=O)[O-].[Cr+2]. The molecule has 0 fully saturated rings. The molecule has 0 saturated heterocycles. The molecule has 0 saturated carbocycles. The standard InChI is InChI=1S/2C8H17O2P.Cr/c2*1-3-5-6-8(4-2)7-11(9)10;/h2*8H,3-7H2,1-2H3;/q;;+2. The van der Waals surface area contributed by atoms with Crippen molar-refractivity contribution < 1.29 is 36.3 Å². The van der Waals surface area contributed by atoms with Crippen molar-refractivity contribution in [1.29, 1.82) is 0 Å². The summed E-state index contributed by atoms with van der Waals surface area (Å²) in [5, 5.41) is 0. The molecule has 0 aromatic carbocycles. The van der Waals surface area contributed by atoms with Crippen molar-refractivity contribution in [3.8, 4) is 0 Å². The monoisotopic (exact) mass is 404 g/mol. The van der Waals surface area contributed by atoms with Crippen molar-refractivity contribution in [3.63, 3.8) is 0 Å². The van der Waals surface area contributed by atoms with Crippen LogP contribution in [-0.2, 0) is 26.5 Å². The molecule has 0 rings (SSSR count). The van der Waals surface area contributed by atoms with Crippen molar-refractivity contribution in [2.45, 2.75) is 79.1 Å². The van der Waals surface area contributed by atoms with E-state index in [2.05, 4.69) is 27.7 Å². The first kappa shape index (κ1) is 28.5. The second-order valence-corrected chi connectivity index (χ2v) is 7.92. The van der Waals surface area contributed by atoms with Gasteiger partial charge < -0.3 is 9.79 Å². The minimum atomic E-state index is -2.16. The predicted octanol–water partition coefficient (Wildman–Crippen LogP) is 4.61. The van der Waals surface area contributed by atoms with E-state index in [1.165, 1.54) is 0 Å². The zero-order chi connectivity index (χ0) is 17.4. The van der Waals surface area contributed by atoms with Crippen LogP contribution < -0.4 is 9.79 Å². The van der Waals surface area contributed by atoms with Crippen molar-refractivity contribution >= 4 is 16.1 Å². The first-order valence-electron chi connectivity index (χ1n) is 8.64. The van der Waals surface area contributed by atoms with E-state index in [-0.39, 0.29) is 17.4 Å². The van der Waals surface area contributed by atoms with Gasteiger partial charge in [-0.05, 0) is 25.7 Å². The Hall–Kier alpha value is 0.652. The number of unbranched alkanes of at least 4 members (excludes halogenated alkanes) is 2. The average Bonchev–Trinajstić information content (AvgIpc) is 2.47. The number of hydrogen-bond donors (Lipinski definition) is 0. The van der Waals surface area contributed by atoms with Crippen LogP contribution in [0.2, 0.25) is 0 Å². The van der Waals surface area contributed by atoms with E-state index < -0.39 is 16.1 Å². The van der Waals surface area contributed by atoms with Gasteiger partial charge in [-0.1, -0.05) is 62.5 Å². The Morgan fingerprint density at radius 1 is 0.739 bits per heavy atom. The summed E-state index contributed by atoms with van der Waals surface area (Å²) in [6.45, 7) is 8.37. The van der Waals surface area contributed by atoms with Gasteiger partial charge in [-0.3, -0.25) is 0 Å². The molecule has 4 unspecified atom stereocenters. The number of rotatable bonds is 12. The number of hydrogen-bond acceptors (Lipinski definition) is 4. The zero-order valence-electron chi connectivity index (χ0n) is 15.2. The molecule has 0 aromatic rings. The van der Waals surface area contributed by atoms with E-state index in [9.17, 15) is 18.9 Å². The molecule has 4 atom stereocenters. The summed E-state index contributed by atoms with van der Waals surface area (Å²) in [7, 11) is -4.32. The van der Waals surface area contributed by atoms with Gasteiger partial charge in [-0.25, -0.2) is 0 Å². The topological polar surface area (TPSA) is 80.3 Å². The molecule has 0 spiro atoms. The fourth-order valence-corrected chi connectivity index (χ4v) is 3.98. The van der Waals surface area contributed by atoms with Crippen LogP contribution in [0.4, 0.5) is 0 Å². The van der Waals surface area contributed by atoms with Crippen molar-refractivity contribution in [1.82, 2.24) is 0 Å². The molecule has 0 N–H and O–H groups in total. The van der Waals surface area contributed by atoms with Crippen molar-refractivity contribution in [2.75, 3.05) is 12.3 Å². The fourth-order valence-electron chi connectivity index (χ4n) is 2.26. The molecule has 23 heavy (non-hydrogen) atoms. The van der Waals surface area contributed by atoms with Gasteiger partial charge in [0.05, 0.1) is 0 Å². The van der Waals surface area contributed by atoms with Crippen LogP contribution in [0.25, 0.3) is 0 Å². The van der Waals surface area contributed by atoms with Gasteiger partial charge in [0.1, 0.15) is 12.3 Å². The van der Waals surface area contributed by atoms with E-state index in [0.717, 1.165) is 51.4 Å². The molecular formula is C16H34CrO4P2+2. The molecule has 0 aliphatic heterocycles. The smallest absolute Gasteiger partial charge is 0.596 e. The molecule has 0 aromatic heterocycles. The maximum Gasteiger partial charge on any atom is 2.00 e. The van der Waals surface area contributed by atoms with Crippen LogP contribution in [-0.4, -0.2) is 12.3 Å². The third-order valence-electron chi connectivity index (χ3n) is 3.90. The van der Waals surface area contributed by atoms with Crippen LogP contribution in [0.15, 0.2) is 0 Å².